The lowest BCUT2D eigenvalue weighted by atomic mass is 10.3. The Bertz CT molecular complexity index is 1080. The lowest BCUT2D eigenvalue weighted by molar-refractivity contribution is -0.0496. The summed E-state index contributed by atoms with van der Waals surface area (Å²) in [4.78, 5) is 0.831. The molecule has 0 bridgehead atoms. The van der Waals surface area contributed by atoms with Gasteiger partial charge in [0.05, 0.1) is 11.5 Å². The quantitative estimate of drug-likeness (QED) is 0.244. The highest BCUT2D eigenvalue weighted by atomic mass is 32.3. The molecule has 0 saturated heterocycles. The van der Waals surface area contributed by atoms with E-state index in [-0.39, 0.29) is 10.6 Å². The van der Waals surface area contributed by atoms with Crippen molar-refractivity contribution in [1.82, 2.24) is 0 Å². The third kappa shape index (κ3) is 4.95. The number of hydrogen-bond acceptors (Lipinski definition) is 4. The van der Waals surface area contributed by atoms with E-state index in [1.165, 1.54) is 0 Å². The van der Waals surface area contributed by atoms with E-state index in [0.717, 1.165) is 12.8 Å². The summed E-state index contributed by atoms with van der Waals surface area (Å²) < 4.78 is 76.5. The number of ether oxygens (including phenoxy) is 1. The Balaban J connectivity index is 2.36. The van der Waals surface area contributed by atoms with E-state index in [2.05, 4.69) is 0 Å². The predicted molar refractivity (Wildman–Crippen MR) is 118 cm³/mol. The lowest BCUT2D eigenvalue weighted by Crippen LogP contribution is -2.27. The predicted octanol–water partition coefficient (Wildman–Crippen LogP) is 6.93. The van der Waals surface area contributed by atoms with Crippen molar-refractivity contribution in [2.75, 3.05) is 6.61 Å². The molecule has 0 fully saturated rings. The minimum absolute atomic E-state index is 0.237. The zero-order valence-electron chi connectivity index (χ0n) is 17.3. The topological polar surface area (TPSA) is 52.6 Å². The van der Waals surface area contributed by atoms with Crippen LogP contribution in [-0.2, 0) is 13.7 Å². The normalized spacial score (nSPS) is 13.0. The molecule has 0 radical (unpaired) electrons. The van der Waals surface area contributed by atoms with Crippen LogP contribution < -0.4 is 4.74 Å². The molecule has 0 spiro atoms. The summed E-state index contributed by atoms with van der Waals surface area (Å²) in [6.45, 7) is 2.32. The maximum atomic E-state index is 13.5. The fraction of sp³-hybridized carbons (Fsp3) is 0.217. The molecule has 0 amide bonds. The van der Waals surface area contributed by atoms with E-state index in [9.17, 15) is 21.6 Å². The Morgan fingerprint density at radius 3 is 1.78 bits per heavy atom. The number of para-hydroxylation sites is 1. The van der Waals surface area contributed by atoms with Crippen LogP contribution in [0.4, 0.5) is 13.2 Å². The van der Waals surface area contributed by atoms with Gasteiger partial charge in [0.25, 0.3) is 0 Å². The van der Waals surface area contributed by atoms with Gasteiger partial charge in [0.1, 0.15) is 5.75 Å². The third-order valence-corrected chi connectivity index (χ3v) is 9.47. The maximum absolute atomic E-state index is 13.5. The van der Waals surface area contributed by atoms with Crippen LogP contribution in [0.1, 0.15) is 19.8 Å². The molecule has 172 valence electrons. The SMILES string of the molecule is CCCCOc1ccccc1S(OS(=O)(=O)C(F)(F)F)(c1ccccc1)c1ccccc1. The third-order valence-electron chi connectivity index (χ3n) is 4.54. The molecular formula is C23H23F3O4S2. The molecule has 3 aromatic rings. The fourth-order valence-corrected chi connectivity index (χ4v) is 7.88. The second-order valence-electron chi connectivity index (χ2n) is 6.80. The average Bonchev–Trinajstić information content (AvgIpc) is 2.78. The van der Waals surface area contributed by atoms with Gasteiger partial charge in [-0.3, -0.25) is 0 Å². The molecule has 0 saturated carbocycles. The van der Waals surface area contributed by atoms with Crippen molar-refractivity contribution in [3.8, 4) is 5.75 Å². The second kappa shape index (κ2) is 9.97. The van der Waals surface area contributed by atoms with Crippen molar-refractivity contribution in [3.05, 3.63) is 84.9 Å². The van der Waals surface area contributed by atoms with Crippen molar-refractivity contribution >= 4 is 20.4 Å². The molecule has 0 aliphatic rings. The van der Waals surface area contributed by atoms with Crippen LogP contribution >= 0.6 is 10.3 Å². The number of alkyl halides is 3. The van der Waals surface area contributed by atoms with Gasteiger partial charge in [0, 0.05) is 9.79 Å². The number of hydrogen-bond donors (Lipinski definition) is 0. The van der Waals surface area contributed by atoms with E-state index in [0.29, 0.717) is 16.4 Å². The molecule has 32 heavy (non-hydrogen) atoms. The van der Waals surface area contributed by atoms with Crippen LogP contribution in [-0.4, -0.2) is 20.5 Å². The smallest absolute Gasteiger partial charge is 0.492 e. The zero-order chi connectivity index (χ0) is 23.2. The van der Waals surface area contributed by atoms with Gasteiger partial charge in [0.2, 0.25) is 0 Å². The van der Waals surface area contributed by atoms with Crippen molar-refractivity contribution in [3.63, 3.8) is 0 Å². The number of unbranched alkanes of at least 4 members (excludes halogenated alkanes) is 1. The fourth-order valence-electron chi connectivity index (χ4n) is 3.04. The minimum Gasteiger partial charge on any atom is -0.492 e. The standard InChI is InChI=1S/C23H23F3O4S2/c1-2-3-18-29-21-16-10-11-17-22(21)31(19-12-6-4-7-13-19,20-14-8-5-9-15-20)30-32(27,28)23(24,25)26/h4-17H,2-3,18H2,1H3. The Hall–Kier alpha value is -2.49. The number of rotatable bonds is 9. The Labute approximate surface area is 187 Å². The Morgan fingerprint density at radius 2 is 1.28 bits per heavy atom. The molecule has 0 atom stereocenters. The van der Waals surface area contributed by atoms with Crippen LogP contribution in [0.5, 0.6) is 5.75 Å². The second-order valence-corrected chi connectivity index (χ2v) is 11.2. The molecule has 4 nitrogen and oxygen atoms in total. The molecular weight excluding hydrogens is 461 g/mol. The molecule has 3 aromatic carbocycles. The van der Waals surface area contributed by atoms with Gasteiger partial charge >= 0.3 is 15.6 Å². The first-order valence-electron chi connectivity index (χ1n) is 9.90. The molecule has 0 N–H and O–H groups in total. The molecule has 0 aliphatic carbocycles. The average molecular weight is 485 g/mol. The Morgan fingerprint density at radius 1 is 0.781 bits per heavy atom. The summed E-state index contributed by atoms with van der Waals surface area (Å²) in [6, 6.07) is 22.7. The summed E-state index contributed by atoms with van der Waals surface area (Å²) in [6.07, 6.45) is 1.59. The first-order valence-corrected chi connectivity index (χ1v) is 12.9. The van der Waals surface area contributed by atoms with Gasteiger partial charge in [-0.15, -0.1) is 0 Å². The monoisotopic (exact) mass is 484 g/mol. The largest absolute Gasteiger partial charge is 0.524 e. The lowest BCUT2D eigenvalue weighted by Gasteiger charge is -2.40. The van der Waals surface area contributed by atoms with E-state index >= 15 is 0 Å². The van der Waals surface area contributed by atoms with E-state index in [1.807, 2.05) is 6.92 Å². The summed E-state index contributed by atoms with van der Waals surface area (Å²) in [7, 11) is -9.33. The van der Waals surface area contributed by atoms with Gasteiger partial charge in [0.15, 0.2) is 0 Å². The van der Waals surface area contributed by atoms with Gasteiger partial charge in [-0.25, -0.2) is 0 Å². The van der Waals surface area contributed by atoms with Gasteiger partial charge < -0.3 is 4.74 Å². The van der Waals surface area contributed by atoms with E-state index < -0.39 is 25.9 Å². The van der Waals surface area contributed by atoms with E-state index in [4.69, 9.17) is 8.37 Å². The summed E-state index contributed by atoms with van der Waals surface area (Å²) in [5.74, 6) is 0.279. The first kappa shape index (κ1) is 24.2. The Kier molecular flexibility index (Phi) is 7.53. The molecule has 0 aromatic heterocycles. The van der Waals surface area contributed by atoms with Crippen molar-refractivity contribution in [2.24, 2.45) is 0 Å². The summed E-state index contributed by atoms with van der Waals surface area (Å²) >= 11 is 0. The van der Waals surface area contributed by atoms with Crippen LogP contribution in [0.2, 0.25) is 0 Å². The molecule has 0 unspecified atom stereocenters. The van der Waals surface area contributed by atoms with Gasteiger partial charge in [-0.05, 0) is 53.1 Å². The highest BCUT2D eigenvalue weighted by molar-refractivity contribution is 8.33. The highest BCUT2D eigenvalue weighted by Crippen LogP contribution is 2.72. The molecule has 3 rings (SSSR count). The van der Waals surface area contributed by atoms with Crippen LogP contribution in [0.25, 0.3) is 0 Å². The van der Waals surface area contributed by atoms with Crippen LogP contribution in [0.3, 0.4) is 0 Å². The van der Waals surface area contributed by atoms with E-state index in [1.54, 1.807) is 84.9 Å². The maximum Gasteiger partial charge on any atom is 0.524 e. The van der Waals surface area contributed by atoms with Crippen molar-refractivity contribution in [2.45, 2.75) is 40.0 Å². The highest BCUT2D eigenvalue weighted by Gasteiger charge is 2.53. The number of halogens is 3. The number of benzene rings is 3. The molecule has 9 heteroatoms. The van der Waals surface area contributed by atoms with Gasteiger partial charge in [-0.2, -0.15) is 25.2 Å². The van der Waals surface area contributed by atoms with Gasteiger partial charge in [-0.1, -0.05) is 61.9 Å². The molecule has 0 heterocycles. The minimum atomic E-state index is -5.96. The van der Waals surface area contributed by atoms with Crippen LogP contribution in [0, 0.1) is 0 Å². The zero-order valence-corrected chi connectivity index (χ0v) is 18.9. The summed E-state index contributed by atoms with van der Waals surface area (Å²) in [5, 5.41) is 0. The first-order chi connectivity index (χ1) is 15.2. The van der Waals surface area contributed by atoms with Crippen molar-refractivity contribution < 1.29 is 30.0 Å². The molecule has 0 aliphatic heterocycles. The van der Waals surface area contributed by atoms with Crippen molar-refractivity contribution in [1.29, 1.82) is 0 Å². The van der Waals surface area contributed by atoms with Crippen LogP contribution in [0.15, 0.2) is 99.6 Å². The summed E-state index contributed by atoms with van der Waals surface area (Å²) in [5.41, 5.74) is -5.59.